The van der Waals surface area contributed by atoms with Gasteiger partial charge in [0.15, 0.2) is 5.17 Å². The van der Waals surface area contributed by atoms with E-state index < -0.39 is 17.8 Å². The molecule has 2 aromatic rings. The molecule has 0 spiro atoms. The molecule has 9 heteroatoms. The van der Waals surface area contributed by atoms with Crippen LogP contribution in [-0.4, -0.2) is 54.2 Å². The number of ether oxygens (including phenoxy) is 2. The number of halogens is 1. The van der Waals surface area contributed by atoms with Crippen LogP contribution in [0.25, 0.3) is 0 Å². The second kappa shape index (κ2) is 11.5. The summed E-state index contributed by atoms with van der Waals surface area (Å²) in [6, 6.07) is 15.2. The van der Waals surface area contributed by atoms with Crippen LogP contribution in [0.15, 0.2) is 82.0 Å². The van der Waals surface area contributed by atoms with Crippen LogP contribution in [0.2, 0.25) is 0 Å². The predicted molar refractivity (Wildman–Crippen MR) is 137 cm³/mol. The van der Waals surface area contributed by atoms with Gasteiger partial charge in [0.2, 0.25) is 5.91 Å². The van der Waals surface area contributed by atoms with Crippen molar-refractivity contribution in [2.45, 2.75) is 25.9 Å². The number of amides is 1. The number of thioether (sulfide) groups is 1. The van der Waals surface area contributed by atoms with Crippen LogP contribution in [0, 0.1) is 5.82 Å². The van der Waals surface area contributed by atoms with Gasteiger partial charge in [0.1, 0.15) is 12.4 Å². The summed E-state index contributed by atoms with van der Waals surface area (Å²) in [6.45, 7) is 2.48. The second-order valence-corrected chi connectivity index (χ2v) is 9.29. The van der Waals surface area contributed by atoms with E-state index in [0.29, 0.717) is 28.7 Å². The molecule has 0 unspecified atom stereocenters. The van der Waals surface area contributed by atoms with E-state index in [1.165, 1.54) is 24.9 Å². The Labute approximate surface area is 214 Å². The molecule has 2 aliphatic heterocycles. The number of benzene rings is 2. The largest absolute Gasteiger partial charge is 0.460 e. The van der Waals surface area contributed by atoms with E-state index in [9.17, 15) is 9.59 Å². The smallest absolute Gasteiger partial charge is 0.338 e. The Morgan fingerprint density at radius 2 is 1.83 bits per heavy atom. The first kappa shape index (κ1) is 25.7. The van der Waals surface area contributed by atoms with Gasteiger partial charge in [-0.2, -0.15) is 0 Å². The number of hydrogen-bond acceptors (Lipinski definition) is 7. The molecule has 2 aliphatic rings. The number of amidine groups is 1. The molecule has 0 saturated heterocycles. The highest BCUT2D eigenvalue weighted by molar-refractivity contribution is 8.16. The number of methoxy groups -OCH3 is 1. The Morgan fingerprint density at radius 3 is 2.56 bits per heavy atom. The summed E-state index contributed by atoms with van der Waals surface area (Å²) in [6.07, 6.45) is 0.0748. The molecule has 0 aromatic heterocycles. The van der Waals surface area contributed by atoms with Crippen molar-refractivity contribution in [2.24, 2.45) is 4.99 Å². The van der Waals surface area contributed by atoms with Crippen LogP contribution in [0.1, 0.15) is 30.5 Å². The zero-order valence-corrected chi connectivity index (χ0v) is 21.3. The molecular weight excluding hydrogens is 481 g/mol. The first-order valence-electron chi connectivity index (χ1n) is 11.5. The van der Waals surface area contributed by atoms with E-state index in [0.717, 1.165) is 5.56 Å². The average molecular weight is 510 g/mol. The third-order valence-electron chi connectivity index (χ3n) is 5.96. The molecule has 188 valence electrons. The third-order valence-corrected chi connectivity index (χ3v) is 6.85. The zero-order chi connectivity index (χ0) is 25.7. The molecular formula is C27H28FN3O4S. The lowest BCUT2D eigenvalue weighted by molar-refractivity contribution is -0.141. The van der Waals surface area contributed by atoms with Gasteiger partial charge >= 0.3 is 5.97 Å². The monoisotopic (exact) mass is 509 g/mol. The van der Waals surface area contributed by atoms with Crippen molar-refractivity contribution in [2.75, 3.05) is 27.4 Å². The first-order chi connectivity index (χ1) is 17.4. The van der Waals surface area contributed by atoms with Crippen molar-refractivity contribution in [3.63, 3.8) is 0 Å². The summed E-state index contributed by atoms with van der Waals surface area (Å²) in [4.78, 5) is 34.3. The number of allylic oxidation sites excluding steroid dienone is 1. The lowest BCUT2D eigenvalue weighted by Crippen LogP contribution is -2.38. The zero-order valence-electron chi connectivity index (χ0n) is 20.4. The van der Waals surface area contributed by atoms with E-state index in [2.05, 4.69) is 4.99 Å². The fraction of sp³-hybridized carbons (Fsp3) is 0.296. The van der Waals surface area contributed by atoms with Crippen molar-refractivity contribution in [3.05, 3.63) is 93.9 Å². The van der Waals surface area contributed by atoms with E-state index in [1.54, 1.807) is 42.0 Å². The van der Waals surface area contributed by atoms with Crippen LogP contribution < -0.4 is 0 Å². The summed E-state index contributed by atoms with van der Waals surface area (Å²) >= 11 is 1.35. The summed E-state index contributed by atoms with van der Waals surface area (Å²) in [5.41, 5.74) is 2.66. The van der Waals surface area contributed by atoms with Crippen LogP contribution in [0.5, 0.6) is 0 Å². The van der Waals surface area contributed by atoms with Crippen molar-refractivity contribution in [1.29, 1.82) is 0 Å². The molecule has 0 bridgehead atoms. The summed E-state index contributed by atoms with van der Waals surface area (Å²) in [5.74, 6) is -1.15. The number of carbonyl (C=O) groups excluding carboxylic acids is 2. The normalized spacial score (nSPS) is 16.9. The van der Waals surface area contributed by atoms with E-state index in [4.69, 9.17) is 9.47 Å². The van der Waals surface area contributed by atoms with E-state index in [1.807, 2.05) is 35.7 Å². The number of rotatable bonds is 9. The maximum Gasteiger partial charge on any atom is 0.338 e. The van der Waals surface area contributed by atoms with Crippen LogP contribution in [0.4, 0.5) is 4.39 Å². The molecule has 1 amide bonds. The maximum absolute atomic E-state index is 15.1. The van der Waals surface area contributed by atoms with Gasteiger partial charge in [0, 0.05) is 32.0 Å². The standard InChI is InChI=1S/C27H28FN3O4S/c1-18-24(26(33)35-14-13-34-3)25(21-11-7-8-12-22(21)28)31-20(17-36-27(31)29-18)15-23(32)30(2)16-19-9-5-4-6-10-19/h4-12,17,25H,13-16H2,1-3H3/t25-/m0/s1. The van der Waals surface area contributed by atoms with Crippen molar-refractivity contribution < 1.29 is 23.5 Å². The second-order valence-electron chi connectivity index (χ2n) is 8.46. The van der Waals surface area contributed by atoms with Gasteiger partial charge in [-0.05, 0) is 24.0 Å². The quantitative estimate of drug-likeness (QED) is 0.362. The SMILES string of the molecule is COCCOC(=O)C1=C(C)N=C2SC=C(CC(=O)N(C)Cc3ccccc3)N2[C@H]1c1ccccc1F. The van der Waals surface area contributed by atoms with Gasteiger partial charge in [0.25, 0.3) is 0 Å². The summed E-state index contributed by atoms with van der Waals surface area (Å²) in [7, 11) is 3.27. The first-order valence-corrected chi connectivity index (χ1v) is 12.4. The molecule has 0 radical (unpaired) electrons. The molecule has 2 heterocycles. The molecule has 7 nitrogen and oxygen atoms in total. The number of nitrogens with zero attached hydrogens (tertiary/aromatic N) is 3. The van der Waals surface area contributed by atoms with Crippen molar-refractivity contribution >= 4 is 28.8 Å². The highest BCUT2D eigenvalue weighted by atomic mass is 32.2. The van der Waals surface area contributed by atoms with Gasteiger partial charge in [-0.25, -0.2) is 14.2 Å². The topological polar surface area (TPSA) is 71.4 Å². The molecule has 36 heavy (non-hydrogen) atoms. The minimum absolute atomic E-state index is 0.0624. The van der Waals surface area contributed by atoms with Gasteiger partial charge in [-0.3, -0.25) is 4.79 Å². The fourth-order valence-corrected chi connectivity index (χ4v) is 5.12. The Morgan fingerprint density at radius 1 is 1.11 bits per heavy atom. The lowest BCUT2D eigenvalue weighted by atomic mass is 9.93. The minimum Gasteiger partial charge on any atom is -0.460 e. The van der Waals surface area contributed by atoms with Gasteiger partial charge < -0.3 is 19.3 Å². The summed E-state index contributed by atoms with van der Waals surface area (Å²) < 4.78 is 25.5. The van der Waals surface area contributed by atoms with Crippen LogP contribution in [0.3, 0.4) is 0 Å². The van der Waals surface area contributed by atoms with Crippen molar-refractivity contribution in [1.82, 2.24) is 9.80 Å². The van der Waals surface area contributed by atoms with Gasteiger partial charge in [0.05, 0.1) is 30.3 Å². The number of esters is 1. The minimum atomic E-state index is -0.817. The fourth-order valence-electron chi connectivity index (χ4n) is 4.15. The number of fused-ring (bicyclic) bond motifs is 1. The maximum atomic E-state index is 15.1. The highest BCUT2D eigenvalue weighted by Crippen LogP contribution is 2.45. The van der Waals surface area contributed by atoms with Gasteiger partial charge in [-0.15, -0.1) is 0 Å². The van der Waals surface area contributed by atoms with E-state index >= 15 is 4.39 Å². The molecule has 0 fully saturated rings. The predicted octanol–water partition coefficient (Wildman–Crippen LogP) is 4.64. The molecule has 0 aliphatic carbocycles. The molecule has 4 rings (SSSR count). The Hall–Kier alpha value is -3.43. The van der Waals surface area contributed by atoms with E-state index in [-0.39, 0.29) is 31.1 Å². The highest BCUT2D eigenvalue weighted by Gasteiger charge is 2.42. The summed E-state index contributed by atoms with van der Waals surface area (Å²) in [5, 5.41) is 2.43. The number of carbonyl (C=O) groups is 2. The molecule has 2 aromatic carbocycles. The number of hydrogen-bond donors (Lipinski definition) is 0. The molecule has 0 saturated carbocycles. The Bertz CT molecular complexity index is 1230. The molecule has 1 atom stereocenters. The Kier molecular flexibility index (Phi) is 8.22. The average Bonchev–Trinajstić information content (AvgIpc) is 3.26. The molecule has 0 N–H and O–H groups in total. The van der Waals surface area contributed by atoms with Gasteiger partial charge in [-0.1, -0.05) is 60.3 Å². The Balaban J connectivity index is 1.63. The lowest BCUT2D eigenvalue weighted by Gasteiger charge is -2.36. The van der Waals surface area contributed by atoms with Crippen molar-refractivity contribution in [3.8, 4) is 0 Å². The van der Waals surface area contributed by atoms with Crippen LogP contribution in [-0.2, 0) is 25.6 Å². The van der Waals surface area contributed by atoms with Crippen LogP contribution >= 0.6 is 11.8 Å². The number of aliphatic imine (C=N–C) groups is 1. The third kappa shape index (κ3) is 5.52.